The van der Waals surface area contributed by atoms with Crippen molar-refractivity contribution >= 4 is 5.91 Å². The number of benzene rings is 1. The first-order valence-corrected chi connectivity index (χ1v) is 6.40. The van der Waals surface area contributed by atoms with E-state index in [1.54, 1.807) is 18.2 Å². The average molecular weight is 249 g/mol. The Bertz CT molecular complexity index is 431. The lowest BCUT2D eigenvalue weighted by Crippen LogP contribution is -2.34. The summed E-state index contributed by atoms with van der Waals surface area (Å²) in [5.74, 6) is 1.47. The van der Waals surface area contributed by atoms with Crippen LogP contribution in [0, 0.1) is 5.92 Å². The fourth-order valence-corrected chi connectivity index (χ4v) is 2.15. The van der Waals surface area contributed by atoms with Gasteiger partial charge in [0.25, 0.3) is 0 Å². The maximum absolute atomic E-state index is 11.4. The van der Waals surface area contributed by atoms with Crippen molar-refractivity contribution in [1.82, 2.24) is 5.32 Å². The first-order valence-electron chi connectivity index (χ1n) is 6.40. The van der Waals surface area contributed by atoms with E-state index in [0.29, 0.717) is 19.6 Å². The zero-order valence-electron chi connectivity index (χ0n) is 10.6. The maximum atomic E-state index is 11.4. The van der Waals surface area contributed by atoms with Crippen molar-refractivity contribution in [2.75, 3.05) is 13.2 Å². The molecule has 0 saturated carbocycles. The van der Waals surface area contributed by atoms with Gasteiger partial charge in [-0.3, -0.25) is 4.79 Å². The quantitative estimate of drug-likeness (QED) is 0.856. The fourth-order valence-electron chi connectivity index (χ4n) is 2.15. The van der Waals surface area contributed by atoms with Crippen LogP contribution >= 0.6 is 0 Å². The number of nitrogens with one attached hydrogen (secondary N) is 1. The lowest BCUT2D eigenvalue weighted by Gasteiger charge is -2.25. The molecule has 1 unspecified atom stereocenters. The predicted molar refractivity (Wildman–Crippen MR) is 68.7 cm³/mol. The molecule has 4 nitrogen and oxygen atoms in total. The lowest BCUT2D eigenvalue weighted by molar-refractivity contribution is -0.121. The van der Waals surface area contributed by atoms with Crippen LogP contribution in [0.15, 0.2) is 18.2 Å². The van der Waals surface area contributed by atoms with Crippen molar-refractivity contribution in [3.63, 3.8) is 0 Å². The molecule has 18 heavy (non-hydrogen) atoms. The molecular weight excluding hydrogens is 230 g/mol. The highest BCUT2D eigenvalue weighted by molar-refractivity contribution is 5.75. The summed E-state index contributed by atoms with van der Waals surface area (Å²) in [5.41, 5.74) is 1.01. The number of hydrogen-bond donors (Lipinski definition) is 2. The SMILES string of the molecule is CCCC(=O)NCC1COc2ccc(O)cc2C1. The Morgan fingerprint density at radius 2 is 2.39 bits per heavy atom. The summed E-state index contributed by atoms with van der Waals surface area (Å²) >= 11 is 0. The second-order valence-corrected chi connectivity index (χ2v) is 4.73. The number of carbonyl (C=O) groups excluding carboxylic acids is 1. The summed E-state index contributed by atoms with van der Waals surface area (Å²) in [6.07, 6.45) is 2.27. The van der Waals surface area contributed by atoms with Crippen LogP contribution in [0.1, 0.15) is 25.3 Å². The van der Waals surface area contributed by atoms with Crippen molar-refractivity contribution in [2.45, 2.75) is 26.2 Å². The Balaban J connectivity index is 1.89. The zero-order chi connectivity index (χ0) is 13.0. The maximum Gasteiger partial charge on any atom is 0.219 e. The Morgan fingerprint density at radius 3 is 3.17 bits per heavy atom. The van der Waals surface area contributed by atoms with Gasteiger partial charge in [0, 0.05) is 18.9 Å². The van der Waals surface area contributed by atoms with E-state index in [2.05, 4.69) is 5.32 Å². The molecule has 0 saturated heterocycles. The number of amides is 1. The molecule has 98 valence electrons. The molecule has 0 spiro atoms. The van der Waals surface area contributed by atoms with Crippen molar-refractivity contribution < 1.29 is 14.6 Å². The molecule has 0 aliphatic carbocycles. The van der Waals surface area contributed by atoms with Crippen LogP contribution in [-0.2, 0) is 11.2 Å². The van der Waals surface area contributed by atoms with Gasteiger partial charge in [-0.1, -0.05) is 6.92 Å². The molecule has 4 heteroatoms. The molecule has 1 heterocycles. The summed E-state index contributed by atoms with van der Waals surface area (Å²) in [4.78, 5) is 11.4. The van der Waals surface area contributed by atoms with E-state index in [0.717, 1.165) is 24.2 Å². The summed E-state index contributed by atoms with van der Waals surface area (Å²) in [5, 5.41) is 12.4. The van der Waals surface area contributed by atoms with E-state index in [1.807, 2.05) is 6.92 Å². The predicted octanol–water partition coefficient (Wildman–Crippen LogP) is 1.86. The van der Waals surface area contributed by atoms with E-state index < -0.39 is 0 Å². The van der Waals surface area contributed by atoms with Crippen LogP contribution in [0.3, 0.4) is 0 Å². The van der Waals surface area contributed by atoms with Crippen LogP contribution in [0.5, 0.6) is 11.5 Å². The standard InChI is InChI=1S/C14H19NO3/c1-2-3-14(17)15-8-10-6-11-7-12(16)4-5-13(11)18-9-10/h4-5,7,10,16H,2-3,6,8-9H2,1H3,(H,15,17). The lowest BCUT2D eigenvalue weighted by atomic mass is 9.96. The Morgan fingerprint density at radius 1 is 1.56 bits per heavy atom. The second-order valence-electron chi connectivity index (χ2n) is 4.73. The number of rotatable bonds is 4. The average Bonchev–Trinajstić information content (AvgIpc) is 2.36. The topological polar surface area (TPSA) is 58.6 Å². The van der Waals surface area contributed by atoms with E-state index in [-0.39, 0.29) is 17.6 Å². The third kappa shape index (κ3) is 3.15. The third-order valence-corrected chi connectivity index (χ3v) is 3.09. The smallest absolute Gasteiger partial charge is 0.219 e. The van der Waals surface area contributed by atoms with Crippen molar-refractivity contribution in [3.8, 4) is 11.5 Å². The Labute approximate surface area is 107 Å². The minimum atomic E-state index is 0.0965. The highest BCUT2D eigenvalue weighted by Crippen LogP contribution is 2.29. The van der Waals surface area contributed by atoms with Gasteiger partial charge in [-0.15, -0.1) is 0 Å². The van der Waals surface area contributed by atoms with Crippen LogP contribution in [0.2, 0.25) is 0 Å². The Hall–Kier alpha value is -1.71. The second kappa shape index (κ2) is 5.76. The van der Waals surface area contributed by atoms with E-state index in [9.17, 15) is 9.90 Å². The van der Waals surface area contributed by atoms with Gasteiger partial charge < -0.3 is 15.2 Å². The molecule has 0 bridgehead atoms. The zero-order valence-corrected chi connectivity index (χ0v) is 10.6. The summed E-state index contributed by atoms with van der Waals surface area (Å²) in [7, 11) is 0. The normalized spacial score (nSPS) is 17.7. The number of fused-ring (bicyclic) bond motifs is 1. The van der Waals surface area contributed by atoms with E-state index in [4.69, 9.17) is 4.74 Å². The molecule has 1 aliphatic heterocycles. The molecule has 1 atom stereocenters. The largest absolute Gasteiger partial charge is 0.508 e. The van der Waals surface area contributed by atoms with Gasteiger partial charge in [-0.2, -0.15) is 0 Å². The number of hydrogen-bond acceptors (Lipinski definition) is 3. The molecule has 0 fully saturated rings. The first-order chi connectivity index (χ1) is 8.69. The van der Waals surface area contributed by atoms with Gasteiger partial charge >= 0.3 is 0 Å². The van der Waals surface area contributed by atoms with Gasteiger partial charge in [-0.25, -0.2) is 0 Å². The number of carbonyl (C=O) groups is 1. The molecule has 0 radical (unpaired) electrons. The summed E-state index contributed by atoms with van der Waals surface area (Å²) in [6.45, 7) is 3.24. The molecular formula is C14H19NO3. The number of ether oxygens (including phenoxy) is 1. The number of aromatic hydroxyl groups is 1. The van der Waals surface area contributed by atoms with Gasteiger partial charge in [0.1, 0.15) is 11.5 Å². The summed E-state index contributed by atoms with van der Waals surface area (Å²) < 4.78 is 5.62. The van der Waals surface area contributed by atoms with Crippen LogP contribution in [0.4, 0.5) is 0 Å². The molecule has 1 aromatic rings. The van der Waals surface area contributed by atoms with Crippen LogP contribution < -0.4 is 10.1 Å². The minimum absolute atomic E-state index is 0.0965. The van der Waals surface area contributed by atoms with E-state index in [1.165, 1.54) is 0 Å². The minimum Gasteiger partial charge on any atom is -0.508 e. The van der Waals surface area contributed by atoms with Crippen molar-refractivity contribution in [1.29, 1.82) is 0 Å². The molecule has 0 aromatic heterocycles. The molecule has 1 aromatic carbocycles. The van der Waals surface area contributed by atoms with Gasteiger partial charge in [0.2, 0.25) is 5.91 Å². The highest BCUT2D eigenvalue weighted by Gasteiger charge is 2.20. The van der Waals surface area contributed by atoms with Gasteiger partial charge in [-0.05, 0) is 36.6 Å². The Kier molecular flexibility index (Phi) is 4.07. The molecule has 1 amide bonds. The third-order valence-electron chi connectivity index (χ3n) is 3.09. The fraction of sp³-hybridized carbons (Fsp3) is 0.500. The molecule has 1 aliphatic rings. The van der Waals surface area contributed by atoms with Crippen LogP contribution in [0.25, 0.3) is 0 Å². The van der Waals surface area contributed by atoms with E-state index >= 15 is 0 Å². The summed E-state index contributed by atoms with van der Waals surface area (Å²) in [6, 6.07) is 5.15. The van der Waals surface area contributed by atoms with Gasteiger partial charge in [0.05, 0.1) is 6.61 Å². The van der Waals surface area contributed by atoms with Crippen molar-refractivity contribution in [2.24, 2.45) is 5.92 Å². The molecule has 2 rings (SSSR count). The number of phenols is 1. The molecule has 2 N–H and O–H groups in total. The van der Waals surface area contributed by atoms with Crippen LogP contribution in [-0.4, -0.2) is 24.2 Å². The number of phenolic OH excluding ortho intramolecular Hbond substituents is 1. The van der Waals surface area contributed by atoms with Gasteiger partial charge in [0.15, 0.2) is 0 Å². The first kappa shape index (κ1) is 12.7. The van der Waals surface area contributed by atoms with Crippen molar-refractivity contribution in [3.05, 3.63) is 23.8 Å². The monoisotopic (exact) mass is 249 g/mol. The highest BCUT2D eigenvalue weighted by atomic mass is 16.5.